The van der Waals surface area contributed by atoms with E-state index in [2.05, 4.69) is 17.7 Å². The second-order valence-corrected chi connectivity index (χ2v) is 4.51. The smallest absolute Gasteiger partial charge is 0.253 e. The lowest BCUT2D eigenvalue weighted by Gasteiger charge is -2.10. The minimum atomic E-state index is -0.0665. The van der Waals surface area contributed by atoms with E-state index in [9.17, 15) is 4.79 Å². The molecule has 1 rings (SSSR count). The molecule has 0 aliphatic carbocycles. The van der Waals surface area contributed by atoms with Crippen molar-refractivity contribution in [3.63, 3.8) is 0 Å². The molecule has 0 aromatic heterocycles. The molecule has 1 amide bonds. The van der Waals surface area contributed by atoms with Gasteiger partial charge in [-0.25, -0.2) is 0 Å². The van der Waals surface area contributed by atoms with Crippen molar-refractivity contribution in [2.75, 3.05) is 12.0 Å². The number of unbranched alkanes of at least 4 members (excludes halogenated alkanes) is 3. The van der Waals surface area contributed by atoms with E-state index in [0.29, 0.717) is 11.3 Å². The summed E-state index contributed by atoms with van der Waals surface area (Å²) in [5.41, 5.74) is 4.86. The first-order chi connectivity index (χ1) is 8.69. The van der Waals surface area contributed by atoms with Crippen molar-refractivity contribution in [1.82, 2.24) is 5.32 Å². The predicted octanol–water partition coefficient (Wildman–Crippen LogP) is 2.59. The predicted molar refractivity (Wildman–Crippen MR) is 75.5 cm³/mol. The number of nitrogens with one attached hydrogen (secondary N) is 2. The van der Waals surface area contributed by atoms with Crippen LogP contribution in [0, 0.1) is 6.92 Å². The van der Waals surface area contributed by atoms with Gasteiger partial charge in [-0.1, -0.05) is 37.8 Å². The molecule has 4 nitrogen and oxygen atoms in total. The SMILES string of the molecule is CCCCCCNC(=O)c1cc(C)ccc1NN. The van der Waals surface area contributed by atoms with Gasteiger partial charge in [0.15, 0.2) is 0 Å². The third-order valence-electron chi connectivity index (χ3n) is 2.89. The molecule has 0 saturated carbocycles. The molecule has 18 heavy (non-hydrogen) atoms. The van der Waals surface area contributed by atoms with Crippen molar-refractivity contribution >= 4 is 11.6 Å². The van der Waals surface area contributed by atoms with Gasteiger partial charge in [0.2, 0.25) is 0 Å². The van der Waals surface area contributed by atoms with Crippen LogP contribution in [0.3, 0.4) is 0 Å². The van der Waals surface area contributed by atoms with Gasteiger partial charge in [0.1, 0.15) is 0 Å². The first kappa shape index (κ1) is 14.5. The van der Waals surface area contributed by atoms with Crippen molar-refractivity contribution < 1.29 is 4.79 Å². The normalized spacial score (nSPS) is 10.2. The fourth-order valence-electron chi connectivity index (χ4n) is 1.82. The number of carbonyl (C=O) groups excluding carboxylic acids is 1. The Balaban J connectivity index is 2.52. The summed E-state index contributed by atoms with van der Waals surface area (Å²) in [6.45, 7) is 4.85. The van der Waals surface area contributed by atoms with Crippen LogP contribution in [0.25, 0.3) is 0 Å². The molecule has 100 valence electrons. The number of rotatable bonds is 7. The fraction of sp³-hybridized carbons (Fsp3) is 0.500. The number of nitrogens with two attached hydrogens (primary N) is 1. The fourth-order valence-corrected chi connectivity index (χ4v) is 1.82. The Morgan fingerprint density at radius 1 is 1.28 bits per heavy atom. The van der Waals surface area contributed by atoms with Crippen LogP contribution in [0.15, 0.2) is 18.2 Å². The lowest BCUT2D eigenvalue weighted by Crippen LogP contribution is -2.26. The molecule has 0 fully saturated rings. The molecule has 1 aromatic rings. The summed E-state index contributed by atoms with van der Waals surface area (Å²) in [5.74, 6) is 5.34. The monoisotopic (exact) mass is 249 g/mol. The summed E-state index contributed by atoms with van der Waals surface area (Å²) in [4.78, 5) is 12.0. The molecule has 4 heteroatoms. The molecule has 0 aliphatic heterocycles. The summed E-state index contributed by atoms with van der Waals surface area (Å²) in [5, 5.41) is 2.93. The molecule has 0 heterocycles. The quantitative estimate of drug-likeness (QED) is 0.395. The molecular weight excluding hydrogens is 226 g/mol. The average molecular weight is 249 g/mol. The van der Waals surface area contributed by atoms with Crippen LogP contribution >= 0.6 is 0 Å². The molecule has 0 spiro atoms. The summed E-state index contributed by atoms with van der Waals surface area (Å²) in [7, 11) is 0. The average Bonchev–Trinajstić information content (AvgIpc) is 2.38. The zero-order valence-corrected chi connectivity index (χ0v) is 11.3. The third-order valence-corrected chi connectivity index (χ3v) is 2.89. The lowest BCUT2D eigenvalue weighted by atomic mass is 10.1. The van der Waals surface area contributed by atoms with Crippen LogP contribution in [-0.2, 0) is 0 Å². The molecule has 0 unspecified atom stereocenters. The van der Waals surface area contributed by atoms with E-state index in [4.69, 9.17) is 5.84 Å². The van der Waals surface area contributed by atoms with Crippen molar-refractivity contribution in [3.05, 3.63) is 29.3 Å². The zero-order valence-electron chi connectivity index (χ0n) is 11.3. The van der Waals surface area contributed by atoms with E-state index in [-0.39, 0.29) is 5.91 Å². The van der Waals surface area contributed by atoms with Gasteiger partial charge in [0.25, 0.3) is 5.91 Å². The maximum atomic E-state index is 12.0. The highest BCUT2D eigenvalue weighted by atomic mass is 16.1. The Morgan fingerprint density at radius 2 is 2.06 bits per heavy atom. The number of carbonyl (C=O) groups is 1. The van der Waals surface area contributed by atoms with E-state index in [1.807, 2.05) is 25.1 Å². The molecule has 1 aromatic carbocycles. The van der Waals surface area contributed by atoms with Crippen LogP contribution < -0.4 is 16.6 Å². The number of benzene rings is 1. The summed E-state index contributed by atoms with van der Waals surface area (Å²) < 4.78 is 0. The molecule has 4 N–H and O–H groups in total. The van der Waals surface area contributed by atoms with E-state index in [1.54, 1.807) is 0 Å². The van der Waals surface area contributed by atoms with Gasteiger partial charge in [0, 0.05) is 6.54 Å². The Bertz CT molecular complexity index is 391. The summed E-state index contributed by atoms with van der Waals surface area (Å²) in [6, 6.07) is 5.59. The Labute approximate surface area is 109 Å². The number of amides is 1. The van der Waals surface area contributed by atoms with Crippen molar-refractivity contribution in [1.29, 1.82) is 0 Å². The highest BCUT2D eigenvalue weighted by molar-refractivity contribution is 5.99. The van der Waals surface area contributed by atoms with Gasteiger partial charge in [-0.15, -0.1) is 0 Å². The number of hydrazine groups is 1. The van der Waals surface area contributed by atoms with Gasteiger partial charge in [-0.05, 0) is 25.5 Å². The number of hydrogen-bond donors (Lipinski definition) is 3. The van der Waals surface area contributed by atoms with Gasteiger partial charge in [-0.2, -0.15) is 0 Å². The van der Waals surface area contributed by atoms with Crippen molar-refractivity contribution in [3.8, 4) is 0 Å². The summed E-state index contributed by atoms with van der Waals surface area (Å²) in [6.07, 6.45) is 4.60. The summed E-state index contributed by atoms with van der Waals surface area (Å²) >= 11 is 0. The molecule has 0 saturated heterocycles. The van der Waals surface area contributed by atoms with E-state index in [0.717, 1.165) is 24.9 Å². The second-order valence-electron chi connectivity index (χ2n) is 4.51. The van der Waals surface area contributed by atoms with E-state index < -0.39 is 0 Å². The number of aryl methyl sites for hydroxylation is 1. The molecule has 0 radical (unpaired) electrons. The molecule has 0 aliphatic rings. The second kappa shape index (κ2) is 7.71. The standard InChI is InChI=1S/C14H23N3O/c1-3-4-5-6-9-16-14(18)12-10-11(2)7-8-13(12)17-15/h7-8,10,17H,3-6,9,15H2,1-2H3,(H,16,18). The first-order valence-electron chi connectivity index (χ1n) is 6.54. The number of hydrogen-bond acceptors (Lipinski definition) is 3. The Hall–Kier alpha value is -1.55. The van der Waals surface area contributed by atoms with Gasteiger partial charge >= 0.3 is 0 Å². The van der Waals surface area contributed by atoms with Gasteiger partial charge < -0.3 is 10.7 Å². The number of anilines is 1. The van der Waals surface area contributed by atoms with Crippen LogP contribution in [0.2, 0.25) is 0 Å². The highest BCUT2D eigenvalue weighted by Gasteiger charge is 2.10. The first-order valence-corrected chi connectivity index (χ1v) is 6.54. The topological polar surface area (TPSA) is 67.2 Å². The number of nitrogen functional groups attached to an aromatic ring is 1. The van der Waals surface area contributed by atoms with E-state index in [1.165, 1.54) is 12.8 Å². The van der Waals surface area contributed by atoms with Gasteiger partial charge in [0.05, 0.1) is 11.3 Å². The minimum absolute atomic E-state index is 0.0665. The van der Waals surface area contributed by atoms with Crippen LogP contribution in [0.1, 0.15) is 48.5 Å². The molecular formula is C14H23N3O. The van der Waals surface area contributed by atoms with Crippen molar-refractivity contribution in [2.45, 2.75) is 39.5 Å². The van der Waals surface area contributed by atoms with Gasteiger partial charge in [-0.3, -0.25) is 10.6 Å². The molecule has 0 atom stereocenters. The Morgan fingerprint density at radius 3 is 2.72 bits per heavy atom. The maximum absolute atomic E-state index is 12.0. The highest BCUT2D eigenvalue weighted by Crippen LogP contribution is 2.16. The van der Waals surface area contributed by atoms with E-state index >= 15 is 0 Å². The molecule has 0 bridgehead atoms. The van der Waals surface area contributed by atoms with Crippen LogP contribution in [0.5, 0.6) is 0 Å². The minimum Gasteiger partial charge on any atom is -0.352 e. The third kappa shape index (κ3) is 4.37. The van der Waals surface area contributed by atoms with Crippen molar-refractivity contribution in [2.24, 2.45) is 5.84 Å². The Kier molecular flexibility index (Phi) is 6.22. The van der Waals surface area contributed by atoms with Crippen LogP contribution in [0.4, 0.5) is 5.69 Å². The zero-order chi connectivity index (χ0) is 13.4. The maximum Gasteiger partial charge on any atom is 0.253 e. The van der Waals surface area contributed by atoms with Crippen LogP contribution in [-0.4, -0.2) is 12.5 Å². The lowest BCUT2D eigenvalue weighted by molar-refractivity contribution is 0.0953. The largest absolute Gasteiger partial charge is 0.352 e.